The van der Waals surface area contributed by atoms with Gasteiger partial charge in [0.2, 0.25) is 0 Å². The number of carbonyl (C=O) groups excluding carboxylic acids is 1. The van der Waals surface area contributed by atoms with Crippen molar-refractivity contribution in [2.24, 2.45) is 5.29 Å². The van der Waals surface area contributed by atoms with E-state index in [1.54, 1.807) is 0 Å². The summed E-state index contributed by atoms with van der Waals surface area (Å²) in [7, 11) is 1.41. The topological polar surface area (TPSA) is 121 Å². The van der Waals surface area contributed by atoms with E-state index < -0.39 is 37.2 Å². The average Bonchev–Trinajstić information content (AvgIpc) is 2.46. The highest BCUT2D eigenvalue weighted by Crippen LogP contribution is 2.21. The fourth-order valence-corrected chi connectivity index (χ4v) is 2.04. The van der Waals surface area contributed by atoms with Gasteiger partial charge in [-0.15, -0.1) is 16.5 Å². The van der Waals surface area contributed by atoms with Crippen molar-refractivity contribution in [3.05, 3.63) is 4.91 Å². The van der Waals surface area contributed by atoms with Crippen molar-refractivity contribution in [3.63, 3.8) is 0 Å². The average molecular weight is 312 g/mol. The third kappa shape index (κ3) is 4.25. The number of nitrogens with one attached hydrogen (secondary N) is 1. The molecule has 10 heteroatoms. The smallest absolute Gasteiger partial charge is 0.340 e. The molecule has 1 unspecified atom stereocenters. The number of aliphatic hydroxyl groups excluding tert-OH is 2. The van der Waals surface area contributed by atoms with Crippen LogP contribution >= 0.6 is 11.6 Å². The molecule has 1 fully saturated rings. The summed E-state index contributed by atoms with van der Waals surface area (Å²) in [5.41, 5.74) is 0. The molecule has 1 aliphatic heterocycles. The number of aliphatic hydroxyl groups is 2. The van der Waals surface area contributed by atoms with Crippen LogP contribution in [0.5, 0.6) is 0 Å². The number of nitroso groups, excluding NO2 is 1. The van der Waals surface area contributed by atoms with Gasteiger partial charge in [-0.1, -0.05) is 0 Å². The zero-order chi connectivity index (χ0) is 15.1. The highest BCUT2D eigenvalue weighted by Gasteiger charge is 2.38. The van der Waals surface area contributed by atoms with Crippen LogP contribution in [0.2, 0.25) is 0 Å². The standard InChI is InChI=1S/C10H18ClN3O6/c1-19-8-4-6(9(16)7(5-15)20-8)12-10(17)14(13-18)3-2-11/h6-9,15-16H,2-5H2,1H3,(H,12,17)/t6?,7-,8+,9+/m1/s1. The molecule has 0 aromatic carbocycles. The van der Waals surface area contributed by atoms with Crippen LogP contribution in [0, 0.1) is 4.91 Å². The molecule has 0 radical (unpaired) electrons. The van der Waals surface area contributed by atoms with E-state index in [0.29, 0.717) is 5.01 Å². The summed E-state index contributed by atoms with van der Waals surface area (Å²) < 4.78 is 10.3. The number of carbonyl (C=O) groups is 1. The molecular weight excluding hydrogens is 294 g/mol. The van der Waals surface area contributed by atoms with E-state index in [1.807, 2.05) is 0 Å². The number of alkyl halides is 1. The molecular formula is C10H18ClN3O6. The molecule has 0 spiro atoms. The second-order valence-electron chi connectivity index (χ2n) is 4.20. The zero-order valence-electron chi connectivity index (χ0n) is 10.9. The molecule has 4 atom stereocenters. The number of amides is 2. The lowest BCUT2D eigenvalue weighted by atomic mass is 9.99. The summed E-state index contributed by atoms with van der Waals surface area (Å²) in [5.74, 6) is 0.0510. The molecule has 1 heterocycles. The van der Waals surface area contributed by atoms with Gasteiger partial charge in [0.15, 0.2) is 6.29 Å². The number of urea groups is 1. The Hall–Kier alpha value is -1.00. The third-order valence-corrected chi connectivity index (χ3v) is 3.12. The fourth-order valence-electron chi connectivity index (χ4n) is 1.88. The van der Waals surface area contributed by atoms with E-state index in [-0.39, 0.29) is 18.8 Å². The van der Waals surface area contributed by atoms with Gasteiger partial charge in [0.05, 0.1) is 24.5 Å². The molecule has 2 amide bonds. The van der Waals surface area contributed by atoms with Crippen molar-refractivity contribution in [3.8, 4) is 0 Å². The van der Waals surface area contributed by atoms with Crippen LogP contribution in [-0.4, -0.2) is 71.9 Å². The number of rotatable bonds is 6. The van der Waals surface area contributed by atoms with Gasteiger partial charge in [-0.25, -0.2) is 4.79 Å². The lowest BCUT2D eigenvalue weighted by Crippen LogP contribution is -2.58. The number of nitrogens with zero attached hydrogens (tertiary/aromatic N) is 2. The van der Waals surface area contributed by atoms with Crippen LogP contribution in [-0.2, 0) is 9.47 Å². The largest absolute Gasteiger partial charge is 0.394 e. The minimum Gasteiger partial charge on any atom is -0.394 e. The molecule has 1 aliphatic rings. The molecule has 116 valence electrons. The summed E-state index contributed by atoms with van der Waals surface area (Å²) in [4.78, 5) is 22.3. The Bertz CT molecular complexity index is 334. The van der Waals surface area contributed by atoms with Crippen molar-refractivity contribution in [1.82, 2.24) is 10.3 Å². The quantitative estimate of drug-likeness (QED) is 0.342. The maximum Gasteiger partial charge on any atom is 0.340 e. The van der Waals surface area contributed by atoms with E-state index in [9.17, 15) is 14.8 Å². The Kier molecular flexibility index (Phi) is 7.10. The maximum atomic E-state index is 11.8. The fraction of sp³-hybridized carbons (Fsp3) is 0.900. The molecule has 0 bridgehead atoms. The SMILES string of the molecule is CO[C@@H]1CC(NC(=O)N(CCCl)N=O)[C@H](O)[C@@H](CO)O1. The summed E-state index contributed by atoms with van der Waals surface area (Å²) in [6.45, 7) is -0.474. The Balaban J connectivity index is 2.67. The highest BCUT2D eigenvalue weighted by atomic mass is 35.5. The van der Waals surface area contributed by atoms with Crippen LogP contribution < -0.4 is 5.32 Å². The van der Waals surface area contributed by atoms with Gasteiger partial charge in [0.1, 0.15) is 12.2 Å². The molecule has 1 saturated heterocycles. The summed E-state index contributed by atoms with van der Waals surface area (Å²) in [5, 5.41) is 24.7. The third-order valence-electron chi connectivity index (χ3n) is 2.95. The minimum absolute atomic E-state index is 0.0483. The van der Waals surface area contributed by atoms with Gasteiger partial charge in [-0.2, -0.15) is 5.01 Å². The second-order valence-corrected chi connectivity index (χ2v) is 4.58. The van der Waals surface area contributed by atoms with E-state index in [0.717, 1.165) is 0 Å². The molecule has 0 aromatic heterocycles. The van der Waals surface area contributed by atoms with Crippen LogP contribution in [0.4, 0.5) is 4.79 Å². The Labute approximate surface area is 120 Å². The molecule has 0 aliphatic carbocycles. The number of methoxy groups -OCH3 is 1. The molecule has 0 saturated carbocycles. The van der Waals surface area contributed by atoms with Crippen molar-refractivity contribution in [1.29, 1.82) is 0 Å². The molecule has 9 nitrogen and oxygen atoms in total. The van der Waals surface area contributed by atoms with Crippen molar-refractivity contribution in [2.45, 2.75) is 31.0 Å². The normalized spacial score (nSPS) is 29.8. The maximum absolute atomic E-state index is 11.8. The highest BCUT2D eigenvalue weighted by molar-refractivity contribution is 6.18. The lowest BCUT2D eigenvalue weighted by molar-refractivity contribution is -0.227. The number of ether oxygens (including phenoxy) is 2. The van der Waals surface area contributed by atoms with Gasteiger partial charge in [-0.3, -0.25) is 0 Å². The van der Waals surface area contributed by atoms with Gasteiger partial charge in [0.25, 0.3) is 0 Å². The van der Waals surface area contributed by atoms with Gasteiger partial charge >= 0.3 is 6.03 Å². The molecule has 3 N–H and O–H groups in total. The first-order chi connectivity index (χ1) is 9.57. The second kappa shape index (κ2) is 8.32. The van der Waals surface area contributed by atoms with Crippen LogP contribution in [0.15, 0.2) is 5.29 Å². The molecule has 20 heavy (non-hydrogen) atoms. The minimum atomic E-state index is -1.13. The van der Waals surface area contributed by atoms with Gasteiger partial charge in [0, 0.05) is 19.4 Å². The van der Waals surface area contributed by atoms with Crippen LogP contribution in [0.3, 0.4) is 0 Å². The predicted molar refractivity (Wildman–Crippen MR) is 68.9 cm³/mol. The van der Waals surface area contributed by atoms with Crippen LogP contribution in [0.1, 0.15) is 6.42 Å². The van der Waals surface area contributed by atoms with Crippen molar-refractivity contribution in [2.75, 3.05) is 26.1 Å². The first kappa shape index (κ1) is 17.1. The monoisotopic (exact) mass is 311 g/mol. The predicted octanol–water partition coefficient (Wildman–Crippen LogP) is -0.599. The zero-order valence-corrected chi connectivity index (χ0v) is 11.7. The van der Waals surface area contributed by atoms with E-state index >= 15 is 0 Å². The Morgan fingerprint density at radius 1 is 1.65 bits per heavy atom. The van der Waals surface area contributed by atoms with E-state index in [4.69, 9.17) is 26.2 Å². The summed E-state index contributed by atoms with van der Waals surface area (Å²) in [6.07, 6.45) is -2.51. The number of hydrogen-bond donors (Lipinski definition) is 3. The van der Waals surface area contributed by atoms with Crippen molar-refractivity contribution >= 4 is 17.6 Å². The number of halogens is 1. The van der Waals surface area contributed by atoms with Gasteiger partial charge in [-0.05, 0) is 0 Å². The van der Waals surface area contributed by atoms with Gasteiger partial charge < -0.3 is 25.0 Å². The Morgan fingerprint density at radius 3 is 2.85 bits per heavy atom. The number of hydrogen-bond acceptors (Lipinski definition) is 7. The van der Waals surface area contributed by atoms with E-state index in [1.165, 1.54) is 7.11 Å². The first-order valence-electron chi connectivity index (χ1n) is 6.01. The molecule has 1 rings (SSSR count). The van der Waals surface area contributed by atoms with Crippen LogP contribution in [0.25, 0.3) is 0 Å². The van der Waals surface area contributed by atoms with Crippen molar-refractivity contribution < 1.29 is 24.5 Å². The lowest BCUT2D eigenvalue weighted by Gasteiger charge is -2.38. The molecule has 0 aromatic rings. The summed E-state index contributed by atoms with van der Waals surface area (Å²) in [6, 6.07) is -1.52. The first-order valence-corrected chi connectivity index (χ1v) is 6.55. The van der Waals surface area contributed by atoms with E-state index in [2.05, 4.69) is 10.6 Å². The summed E-state index contributed by atoms with van der Waals surface area (Å²) >= 11 is 5.44. The Morgan fingerprint density at radius 2 is 2.35 bits per heavy atom.